The molecule has 0 aliphatic heterocycles. The highest BCUT2D eigenvalue weighted by molar-refractivity contribution is 7.14. The fourth-order valence-corrected chi connectivity index (χ4v) is 2.99. The number of nitrogens with zero attached hydrogens (tertiary/aromatic N) is 1. The zero-order chi connectivity index (χ0) is 13.8. The number of thiophene rings is 1. The molecule has 0 aliphatic carbocycles. The van der Waals surface area contributed by atoms with Crippen LogP contribution in [0.15, 0.2) is 17.5 Å². The van der Waals surface area contributed by atoms with Gasteiger partial charge in [-0.25, -0.2) is 9.78 Å². The van der Waals surface area contributed by atoms with Crippen molar-refractivity contribution < 1.29 is 14.7 Å². The molecule has 0 saturated heterocycles. The van der Waals surface area contributed by atoms with Gasteiger partial charge in [0.05, 0.1) is 11.4 Å². The summed E-state index contributed by atoms with van der Waals surface area (Å²) < 4.78 is 0. The minimum absolute atomic E-state index is 0.0126. The van der Waals surface area contributed by atoms with E-state index < -0.39 is 5.97 Å². The SMILES string of the molecule is CCc1ccc(C(=O)NCc2nc(C(=O)O)cs2)s1. The van der Waals surface area contributed by atoms with E-state index in [9.17, 15) is 9.59 Å². The summed E-state index contributed by atoms with van der Waals surface area (Å²) in [4.78, 5) is 28.2. The first-order valence-corrected chi connectivity index (χ1v) is 7.34. The Morgan fingerprint density at radius 3 is 2.79 bits per heavy atom. The molecule has 0 saturated carbocycles. The number of carboxylic acid groups (broad SMARTS) is 1. The molecule has 2 rings (SSSR count). The molecule has 0 spiro atoms. The van der Waals surface area contributed by atoms with E-state index >= 15 is 0 Å². The van der Waals surface area contributed by atoms with Crippen molar-refractivity contribution in [2.24, 2.45) is 0 Å². The number of aromatic nitrogens is 1. The van der Waals surface area contributed by atoms with Crippen LogP contribution < -0.4 is 5.32 Å². The Morgan fingerprint density at radius 1 is 1.42 bits per heavy atom. The van der Waals surface area contributed by atoms with Crippen LogP contribution in [0.4, 0.5) is 0 Å². The third kappa shape index (κ3) is 3.39. The summed E-state index contributed by atoms with van der Waals surface area (Å²) in [6.45, 7) is 2.28. The number of hydrogen-bond donors (Lipinski definition) is 2. The normalized spacial score (nSPS) is 10.4. The average molecular weight is 296 g/mol. The predicted octanol–water partition coefficient (Wildman–Crippen LogP) is 2.40. The molecule has 1 amide bonds. The number of hydrogen-bond acceptors (Lipinski definition) is 5. The van der Waals surface area contributed by atoms with Crippen molar-refractivity contribution in [3.05, 3.63) is 38.0 Å². The van der Waals surface area contributed by atoms with Gasteiger partial charge >= 0.3 is 5.97 Å². The van der Waals surface area contributed by atoms with Crippen LogP contribution >= 0.6 is 22.7 Å². The first kappa shape index (κ1) is 13.7. The Labute approximate surface area is 117 Å². The van der Waals surface area contributed by atoms with Gasteiger partial charge in [0.2, 0.25) is 0 Å². The molecule has 0 unspecified atom stereocenters. The summed E-state index contributed by atoms with van der Waals surface area (Å²) in [6, 6.07) is 3.73. The molecule has 0 atom stereocenters. The van der Waals surface area contributed by atoms with Gasteiger partial charge in [0.25, 0.3) is 5.91 Å². The van der Waals surface area contributed by atoms with Gasteiger partial charge in [-0.05, 0) is 18.6 Å². The summed E-state index contributed by atoms with van der Waals surface area (Å²) in [5.41, 5.74) is 0.0126. The topological polar surface area (TPSA) is 79.3 Å². The Kier molecular flexibility index (Phi) is 4.28. The molecule has 0 aromatic carbocycles. The van der Waals surface area contributed by atoms with Crippen LogP contribution in [0, 0.1) is 0 Å². The summed E-state index contributed by atoms with van der Waals surface area (Å²) in [6.07, 6.45) is 0.909. The molecule has 2 N–H and O–H groups in total. The molecule has 0 fully saturated rings. The van der Waals surface area contributed by atoms with Crippen LogP contribution in [0.1, 0.15) is 37.0 Å². The molecule has 2 heterocycles. The molecular weight excluding hydrogens is 284 g/mol. The number of carboxylic acids is 1. The summed E-state index contributed by atoms with van der Waals surface area (Å²) in [5, 5.41) is 13.5. The van der Waals surface area contributed by atoms with Crippen LogP contribution in [0.2, 0.25) is 0 Å². The van der Waals surface area contributed by atoms with Crippen molar-refractivity contribution in [2.45, 2.75) is 19.9 Å². The number of thiazole rings is 1. The van der Waals surface area contributed by atoms with Gasteiger partial charge in [-0.15, -0.1) is 22.7 Å². The highest BCUT2D eigenvalue weighted by atomic mass is 32.1. The summed E-state index contributed by atoms with van der Waals surface area (Å²) >= 11 is 2.68. The minimum atomic E-state index is -1.06. The predicted molar refractivity (Wildman–Crippen MR) is 73.9 cm³/mol. The number of carbonyl (C=O) groups excluding carboxylic acids is 1. The quantitative estimate of drug-likeness (QED) is 0.888. The number of amides is 1. The van der Waals surface area contributed by atoms with Crippen LogP contribution in [-0.4, -0.2) is 22.0 Å². The smallest absolute Gasteiger partial charge is 0.355 e. The highest BCUT2D eigenvalue weighted by Gasteiger charge is 2.11. The minimum Gasteiger partial charge on any atom is -0.476 e. The average Bonchev–Trinajstić information content (AvgIpc) is 3.04. The number of rotatable bonds is 5. The molecule has 5 nitrogen and oxygen atoms in total. The number of carbonyl (C=O) groups is 2. The third-order valence-corrected chi connectivity index (χ3v) is 4.48. The van der Waals surface area contributed by atoms with Crippen molar-refractivity contribution in [1.82, 2.24) is 10.3 Å². The molecule has 2 aromatic rings. The van der Waals surface area contributed by atoms with Crippen molar-refractivity contribution >= 4 is 34.6 Å². The van der Waals surface area contributed by atoms with E-state index in [0.717, 1.165) is 11.3 Å². The van der Waals surface area contributed by atoms with Crippen LogP contribution in [0.5, 0.6) is 0 Å². The Bertz CT molecular complexity index is 604. The van der Waals surface area contributed by atoms with Gasteiger partial charge in [0.1, 0.15) is 5.01 Å². The molecular formula is C12H12N2O3S2. The molecule has 2 aromatic heterocycles. The van der Waals surface area contributed by atoms with E-state index in [1.165, 1.54) is 28.1 Å². The van der Waals surface area contributed by atoms with Crippen molar-refractivity contribution in [3.63, 3.8) is 0 Å². The van der Waals surface area contributed by atoms with E-state index in [4.69, 9.17) is 5.11 Å². The molecule has 0 aliphatic rings. The zero-order valence-corrected chi connectivity index (χ0v) is 11.8. The van der Waals surface area contributed by atoms with Crippen LogP contribution in [0.3, 0.4) is 0 Å². The summed E-state index contributed by atoms with van der Waals surface area (Å²) in [7, 11) is 0. The van der Waals surface area contributed by atoms with Gasteiger partial charge in [-0.2, -0.15) is 0 Å². The van der Waals surface area contributed by atoms with Gasteiger partial charge in [-0.3, -0.25) is 4.79 Å². The molecule has 100 valence electrons. The second-order valence-electron chi connectivity index (χ2n) is 3.73. The highest BCUT2D eigenvalue weighted by Crippen LogP contribution is 2.17. The number of aryl methyl sites for hydroxylation is 1. The molecule has 0 bridgehead atoms. The maximum atomic E-state index is 11.8. The van der Waals surface area contributed by atoms with E-state index in [0.29, 0.717) is 9.88 Å². The first-order chi connectivity index (χ1) is 9.10. The lowest BCUT2D eigenvalue weighted by atomic mass is 10.3. The van der Waals surface area contributed by atoms with Crippen LogP contribution in [0.25, 0.3) is 0 Å². The lowest BCUT2D eigenvalue weighted by Crippen LogP contribution is -2.21. The monoisotopic (exact) mass is 296 g/mol. The molecule has 7 heteroatoms. The Morgan fingerprint density at radius 2 is 2.21 bits per heavy atom. The standard InChI is InChI=1S/C12H12N2O3S2/c1-2-7-3-4-9(19-7)11(15)13-5-10-14-8(6-18-10)12(16)17/h3-4,6H,2,5H2,1H3,(H,13,15)(H,16,17). The van der Waals surface area contributed by atoms with E-state index in [-0.39, 0.29) is 18.1 Å². The van der Waals surface area contributed by atoms with E-state index in [1.807, 2.05) is 13.0 Å². The second kappa shape index (κ2) is 5.94. The van der Waals surface area contributed by atoms with Crippen molar-refractivity contribution in [2.75, 3.05) is 0 Å². The Hall–Kier alpha value is -1.73. The fraction of sp³-hybridized carbons (Fsp3) is 0.250. The molecule has 0 radical (unpaired) electrons. The first-order valence-electron chi connectivity index (χ1n) is 5.64. The van der Waals surface area contributed by atoms with E-state index in [2.05, 4.69) is 10.3 Å². The van der Waals surface area contributed by atoms with Gasteiger partial charge in [-0.1, -0.05) is 6.92 Å². The van der Waals surface area contributed by atoms with Crippen molar-refractivity contribution in [3.8, 4) is 0 Å². The Balaban J connectivity index is 1.94. The van der Waals surface area contributed by atoms with Crippen molar-refractivity contribution in [1.29, 1.82) is 0 Å². The maximum Gasteiger partial charge on any atom is 0.355 e. The number of aromatic carboxylic acids is 1. The summed E-state index contributed by atoms with van der Waals surface area (Å²) in [5.74, 6) is -1.21. The van der Waals surface area contributed by atoms with Gasteiger partial charge in [0, 0.05) is 10.3 Å². The van der Waals surface area contributed by atoms with Crippen LogP contribution in [-0.2, 0) is 13.0 Å². The second-order valence-corrected chi connectivity index (χ2v) is 5.84. The van der Waals surface area contributed by atoms with Gasteiger partial charge < -0.3 is 10.4 Å². The lowest BCUT2D eigenvalue weighted by molar-refractivity contribution is 0.0691. The zero-order valence-electron chi connectivity index (χ0n) is 10.2. The largest absolute Gasteiger partial charge is 0.476 e. The maximum absolute atomic E-state index is 11.8. The fourth-order valence-electron chi connectivity index (χ4n) is 1.42. The lowest BCUT2D eigenvalue weighted by Gasteiger charge is -1.99. The van der Waals surface area contributed by atoms with E-state index in [1.54, 1.807) is 6.07 Å². The van der Waals surface area contributed by atoms with Gasteiger partial charge in [0.15, 0.2) is 5.69 Å². The number of nitrogens with one attached hydrogen (secondary N) is 1. The third-order valence-electron chi connectivity index (χ3n) is 2.40. The molecule has 19 heavy (non-hydrogen) atoms.